The van der Waals surface area contributed by atoms with E-state index in [0.29, 0.717) is 32.0 Å². The van der Waals surface area contributed by atoms with Crippen molar-refractivity contribution in [1.82, 2.24) is 14.7 Å². The molecule has 1 atom stereocenters. The molecule has 2 rings (SSSR count). The Hall–Kier alpha value is -1.30. The Labute approximate surface area is 120 Å². The quantitative estimate of drug-likeness (QED) is 0.819. The van der Waals surface area contributed by atoms with Crippen molar-refractivity contribution < 1.29 is 14.7 Å². The van der Waals surface area contributed by atoms with E-state index in [0.717, 1.165) is 26.2 Å². The predicted molar refractivity (Wildman–Crippen MR) is 75.6 cm³/mol. The van der Waals surface area contributed by atoms with Gasteiger partial charge in [0.25, 0.3) is 0 Å². The summed E-state index contributed by atoms with van der Waals surface area (Å²) in [6.07, 6.45) is 1.15. The molecular weight excluding hydrogens is 258 g/mol. The van der Waals surface area contributed by atoms with Crippen LogP contribution in [0.4, 0.5) is 4.79 Å². The summed E-state index contributed by atoms with van der Waals surface area (Å²) < 4.78 is 0. The average molecular weight is 283 g/mol. The van der Waals surface area contributed by atoms with Crippen molar-refractivity contribution in [1.29, 1.82) is 0 Å². The van der Waals surface area contributed by atoms with E-state index in [-0.39, 0.29) is 11.9 Å². The molecule has 2 aliphatic heterocycles. The van der Waals surface area contributed by atoms with E-state index in [4.69, 9.17) is 5.11 Å². The van der Waals surface area contributed by atoms with Crippen LogP contribution in [-0.4, -0.2) is 77.1 Å². The second kappa shape index (κ2) is 6.43. The minimum Gasteiger partial charge on any atom is -0.481 e. The number of likely N-dealkylation sites (N-methyl/N-ethyl adjacent to an activating group) is 1. The first-order chi connectivity index (χ1) is 9.52. The molecule has 20 heavy (non-hydrogen) atoms. The zero-order valence-electron chi connectivity index (χ0n) is 12.4. The van der Waals surface area contributed by atoms with Gasteiger partial charge in [0.05, 0.1) is 5.92 Å². The molecule has 114 valence electrons. The van der Waals surface area contributed by atoms with E-state index in [2.05, 4.69) is 18.7 Å². The smallest absolute Gasteiger partial charge is 0.320 e. The molecule has 0 spiro atoms. The fourth-order valence-electron chi connectivity index (χ4n) is 3.16. The van der Waals surface area contributed by atoms with Crippen molar-refractivity contribution in [3.8, 4) is 0 Å². The van der Waals surface area contributed by atoms with Crippen molar-refractivity contribution in [2.24, 2.45) is 5.92 Å². The Morgan fingerprint density at radius 2 is 1.75 bits per heavy atom. The number of carbonyl (C=O) groups is 2. The highest BCUT2D eigenvalue weighted by molar-refractivity contribution is 5.75. The molecule has 0 aliphatic carbocycles. The summed E-state index contributed by atoms with van der Waals surface area (Å²) in [4.78, 5) is 29.5. The lowest BCUT2D eigenvalue weighted by atomic mass is 9.97. The standard InChI is InChI=1S/C14H25N3O3/c1-3-15-8-9-17(10-11(15)2)14(20)16-6-4-12(5-7-16)13(18)19/h11-12H,3-10H2,1-2H3,(H,18,19). The molecule has 0 aromatic carbocycles. The summed E-state index contributed by atoms with van der Waals surface area (Å²) >= 11 is 0. The lowest BCUT2D eigenvalue weighted by molar-refractivity contribution is -0.143. The Morgan fingerprint density at radius 1 is 1.10 bits per heavy atom. The van der Waals surface area contributed by atoms with Crippen LogP contribution in [0.15, 0.2) is 0 Å². The van der Waals surface area contributed by atoms with E-state index in [1.54, 1.807) is 0 Å². The summed E-state index contributed by atoms with van der Waals surface area (Å²) in [6, 6.07) is 0.478. The number of urea groups is 1. The Balaban J connectivity index is 1.85. The van der Waals surface area contributed by atoms with Crippen molar-refractivity contribution in [3.05, 3.63) is 0 Å². The number of likely N-dealkylation sites (tertiary alicyclic amines) is 1. The van der Waals surface area contributed by atoms with Crippen LogP contribution in [0.5, 0.6) is 0 Å². The maximum atomic E-state index is 12.5. The summed E-state index contributed by atoms with van der Waals surface area (Å²) in [5.41, 5.74) is 0. The molecule has 1 N–H and O–H groups in total. The molecule has 2 amide bonds. The fraction of sp³-hybridized carbons (Fsp3) is 0.857. The molecule has 0 radical (unpaired) electrons. The van der Waals surface area contributed by atoms with Crippen molar-refractivity contribution in [2.45, 2.75) is 32.7 Å². The Bertz CT molecular complexity index is 367. The first-order valence-electron chi connectivity index (χ1n) is 7.53. The van der Waals surface area contributed by atoms with E-state index in [1.165, 1.54) is 0 Å². The van der Waals surface area contributed by atoms with Gasteiger partial charge < -0.3 is 14.9 Å². The first-order valence-corrected chi connectivity index (χ1v) is 7.53. The van der Waals surface area contributed by atoms with Gasteiger partial charge in [0.15, 0.2) is 0 Å². The second-order valence-corrected chi connectivity index (χ2v) is 5.81. The van der Waals surface area contributed by atoms with Gasteiger partial charge in [-0.15, -0.1) is 0 Å². The highest BCUT2D eigenvalue weighted by Crippen LogP contribution is 2.19. The van der Waals surface area contributed by atoms with Crippen LogP contribution in [0.1, 0.15) is 26.7 Å². The summed E-state index contributed by atoms with van der Waals surface area (Å²) in [7, 11) is 0. The van der Waals surface area contributed by atoms with Crippen LogP contribution >= 0.6 is 0 Å². The molecule has 6 nitrogen and oxygen atoms in total. The van der Waals surface area contributed by atoms with Gasteiger partial charge in [-0.2, -0.15) is 0 Å². The van der Waals surface area contributed by atoms with Crippen molar-refractivity contribution in [3.63, 3.8) is 0 Å². The number of rotatable bonds is 2. The number of aliphatic carboxylic acids is 1. The number of carboxylic acid groups (broad SMARTS) is 1. The molecule has 2 saturated heterocycles. The highest BCUT2D eigenvalue weighted by atomic mass is 16.4. The highest BCUT2D eigenvalue weighted by Gasteiger charge is 2.32. The van der Waals surface area contributed by atoms with Gasteiger partial charge in [0.2, 0.25) is 0 Å². The largest absolute Gasteiger partial charge is 0.481 e. The third-order valence-electron chi connectivity index (χ3n) is 4.56. The maximum Gasteiger partial charge on any atom is 0.320 e. The second-order valence-electron chi connectivity index (χ2n) is 5.81. The van der Waals surface area contributed by atoms with Crippen LogP contribution < -0.4 is 0 Å². The Kier molecular flexibility index (Phi) is 4.86. The first kappa shape index (κ1) is 15.1. The third-order valence-corrected chi connectivity index (χ3v) is 4.56. The monoisotopic (exact) mass is 283 g/mol. The van der Waals surface area contributed by atoms with E-state index >= 15 is 0 Å². The number of hydrogen-bond donors (Lipinski definition) is 1. The minimum atomic E-state index is -0.734. The van der Waals surface area contributed by atoms with Crippen molar-refractivity contribution in [2.75, 3.05) is 39.3 Å². The number of hydrogen-bond acceptors (Lipinski definition) is 3. The van der Waals surface area contributed by atoms with Crippen LogP contribution in [0.3, 0.4) is 0 Å². The number of carboxylic acids is 1. The lowest BCUT2D eigenvalue weighted by Crippen LogP contribution is -2.57. The molecule has 6 heteroatoms. The maximum absolute atomic E-state index is 12.5. The molecule has 0 saturated carbocycles. The molecule has 2 aliphatic rings. The molecule has 2 heterocycles. The van der Waals surface area contributed by atoms with Gasteiger partial charge in [-0.25, -0.2) is 4.79 Å². The van der Waals surface area contributed by atoms with Crippen LogP contribution in [0, 0.1) is 5.92 Å². The predicted octanol–water partition coefficient (Wildman–Crippen LogP) is 0.929. The molecular formula is C14H25N3O3. The van der Waals surface area contributed by atoms with Gasteiger partial charge in [-0.3, -0.25) is 9.69 Å². The molecule has 0 aromatic rings. The number of piperazine rings is 1. The fourth-order valence-corrected chi connectivity index (χ4v) is 3.16. The number of amides is 2. The Morgan fingerprint density at radius 3 is 2.25 bits per heavy atom. The normalized spacial score (nSPS) is 25.8. The van der Waals surface area contributed by atoms with Crippen LogP contribution in [0.25, 0.3) is 0 Å². The zero-order chi connectivity index (χ0) is 14.7. The van der Waals surface area contributed by atoms with Gasteiger partial charge in [0.1, 0.15) is 0 Å². The third kappa shape index (κ3) is 3.23. The minimum absolute atomic E-state index is 0.0800. The van der Waals surface area contributed by atoms with E-state index < -0.39 is 5.97 Å². The van der Waals surface area contributed by atoms with E-state index in [9.17, 15) is 9.59 Å². The van der Waals surface area contributed by atoms with Gasteiger partial charge in [-0.1, -0.05) is 6.92 Å². The summed E-state index contributed by atoms with van der Waals surface area (Å²) in [5.74, 6) is -1.02. The van der Waals surface area contributed by atoms with Gasteiger partial charge >= 0.3 is 12.0 Å². The lowest BCUT2D eigenvalue weighted by Gasteiger charge is -2.42. The molecule has 2 fully saturated rings. The van der Waals surface area contributed by atoms with Gasteiger partial charge in [0, 0.05) is 38.8 Å². The molecule has 0 aromatic heterocycles. The van der Waals surface area contributed by atoms with Crippen LogP contribution in [-0.2, 0) is 4.79 Å². The number of carbonyl (C=O) groups excluding carboxylic acids is 1. The molecule has 1 unspecified atom stereocenters. The van der Waals surface area contributed by atoms with Crippen molar-refractivity contribution >= 4 is 12.0 Å². The summed E-state index contributed by atoms with van der Waals surface area (Å²) in [5, 5.41) is 8.98. The topological polar surface area (TPSA) is 64.1 Å². The van der Waals surface area contributed by atoms with E-state index in [1.807, 2.05) is 9.80 Å². The average Bonchev–Trinajstić information content (AvgIpc) is 2.46. The summed E-state index contributed by atoms with van der Waals surface area (Å²) in [6.45, 7) is 8.92. The molecule has 0 bridgehead atoms. The number of nitrogens with zero attached hydrogens (tertiary/aromatic N) is 3. The van der Waals surface area contributed by atoms with Gasteiger partial charge in [-0.05, 0) is 26.3 Å². The number of piperidine rings is 1. The SMILES string of the molecule is CCN1CCN(C(=O)N2CCC(C(=O)O)CC2)CC1C. The van der Waals surface area contributed by atoms with Crippen LogP contribution in [0.2, 0.25) is 0 Å². The zero-order valence-corrected chi connectivity index (χ0v) is 12.4.